The molecular formula is C17H19ClN2O. The van der Waals surface area contributed by atoms with E-state index in [1.807, 2.05) is 6.07 Å². The topological polar surface area (TPSA) is 34.2 Å². The van der Waals surface area contributed by atoms with Crippen molar-refractivity contribution < 1.29 is 4.74 Å². The number of hydrogen-bond acceptors (Lipinski definition) is 3. The molecule has 3 nitrogen and oxygen atoms in total. The maximum atomic E-state index is 6.36. The Morgan fingerprint density at radius 2 is 2.24 bits per heavy atom. The molecule has 110 valence electrons. The normalized spacial score (nSPS) is 14.6. The fraction of sp³-hybridized carbons (Fsp3) is 0.353. The van der Waals surface area contributed by atoms with Crippen LogP contribution >= 0.6 is 11.6 Å². The van der Waals surface area contributed by atoms with E-state index in [1.165, 1.54) is 5.56 Å². The van der Waals surface area contributed by atoms with Gasteiger partial charge in [0.05, 0.1) is 17.7 Å². The third-order valence-electron chi connectivity index (χ3n) is 3.77. The van der Waals surface area contributed by atoms with Gasteiger partial charge < -0.3 is 10.1 Å². The van der Waals surface area contributed by atoms with Crippen LogP contribution in [-0.2, 0) is 6.42 Å². The fourth-order valence-electron chi connectivity index (χ4n) is 2.76. The van der Waals surface area contributed by atoms with E-state index in [-0.39, 0.29) is 6.04 Å². The molecule has 0 radical (unpaired) electrons. The molecule has 0 fully saturated rings. The van der Waals surface area contributed by atoms with E-state index < -0.39 is 0 Å². The van der Waals surface area contributed by atoms with Gasteiger partial charge >= 0.3 is 0 Å². The van der Waals surface area contributed by atoms with Crippen molar-refractivity contribution in [1.82, 2.24) is 10.3 Å². The SMILES string of the molecule is CCCNC(c1ccncc1Cl)c1cccc2c1OCC2. The molecule has 0 aliphatic carbocycles. The molecule has 1 N–H and O–H groups in total. The van der Waals surface area contributed by atoms with Gasteiger partial charge in [-0.05, 0) is 30.2 Å². The summed E-state index contributed by atoms with van der Waals surface area (Å²) in [6.45, 7) is 3.84. The average molecular weight is 303 g/mol. The zero-order valence-electron chi connectivity index (χ0n) is 12.1. The molecule has 1 atom stereocenters. The molecular weight excluding hydrogens is 284 g/mol. The second-order valence-electron chi connectivity index (χ2n) is 5.22. The highest BCUT2D eigenvalue weighted by Gasteiger charge is 2.24. The summed E-state index contributed by atoms with van der Waals surface area (Å²) >= 11 is 6.36. The number of fused-ring (bicyclic) bond motifs is 1. The summed E-state index contributed by atoms with van der Waals surface area (Å²) in [4.78, 5) is 4.08. The van der Waals surface area contributed by atoms with Crippen molar-refractivity contribution in [2.24, 2.45) is 0 Å². The summed E-state index contributed by atoms with van der Waals surface area (Å²) in [6, 6.07) is 8.36. The molecule has 2 aromatic rings. The minimum absolute atomic E-state index is 0.0356. The number of para-hydroxylation sites is 1. The van der Waals surface area contributed by atoms with Crippen LogP contribution in [0.3, 0.4) is 0 Å². The zero-order chi connectivity index (χ0) is 14.7. The highest BCUT2D eigenvalue weighted by Crippen LogP contribution is 2.37. The average Bonchev–Trinajstić information content (AvgIpc) is 2.98. The Morgan fingerprint density at radius 3 is 3.05 bits per heavy atom. The first-order valence-corrected chi connectivity index (χ1v) is 7.76. The van der Waals surface area contributed by atoms with Crippen LogP contribution in [0.4, 0.5) is 0 Å². The van der Waals surface area contributed by atoms with E-state index in [4.69, 9.17) is 16.3 Å². The molecule has 1 aliphatic rings. The van der Waals surface area contributed by atoms with Crippen LogP contribution in [0.25, 0.3) is 0 Å². The largest absolute Gasteiger partial charge is 0.493 e. The van der Waals surface area contributed by atoms with Gasteiger partial charge in [0.25, 0.3) is 0 Å². The zero-order valence-corrected chi connectivity index (χ0v) is 12.9. The minimum atomic E-state index is 0.0356. The van der Waals surface area contributed by atoms with Gasteiger partial charge in [0, 0.05) is 24.4 Å². The maximum Gasteiger partial charge on any atom is 0.127 e. The van der Waals surface area contributed by atoms with Crippen LogP contribution in [0.1, 0.15) is 36.1 Å². The highest BCUT2D eigenvalue weighted by molar-refractivity contribution is 6.31. The predicted octanol–water partition coefficient (Wildman–Crippen LogP) is 3.76. The summed E-state index contributed by atoms with van der Waals surface area (Å²) in [7, 11) is 0. The molecule has 4 heteroatoms. The van der Waals surface area contributed by atoms with Gasteiger partial charge in [-0.2, -0.15) is 0 Å². The monoisotopic (exact) mass is 302 g/mol. The Kier molecular flexibility index (Phi) is 4.42. The van der Waals surface area contributed by atoms with Gasteiger partial charge in [0.2, 0.25) is 0 Å². The number of hydrogen-bond donors (Lipinski definition) is 1. The van der Waals surface area contributed by atoms with Crippen LogP contribution in [0, 0.1) is 0 Å². The van der Waals surface area contributed by atoms with Crippen molar-refractivity contribution in [3.63, 3.8) is 0 Å². The summed E-state index contributed by atoms with van der Waals surface area (Å²) in [5.74, 6) is 1.01. The molecule has 1 aromatic carbocycles. The second kappa shape index (κ2) is 6.46. The quantitative estimate of drug-likeness (QED) is 0.913. The van der Waals surface area contributed by atoms with E-state index in [2.05, 4.69) is 35.4 Å². The molecule has 0 amide bonds. The Morgan fingerprint density at radius 1 is 1.33 bits per heavy atom. The first-order valence-electron chi connectivity index (χ1n) is 7.38. The van der Waals surface area contributed by atoms with E-state index in [0.717, 1.165) is 42.9 Å². The number of pyridine rings is 1. The predicted molar refractivity (Wildman–Crippen MR) is 85.0 cm³/mol. The van der Waals surface area contributed by atoms with Crippen molar-refractivity contribution in [1.29, 1.82) is 0 Å². The highest BCUT2D eigenvalue weighted by atomic mass is 35.5. The molecule has 0 saturated carbocycles. The number of nitrogens with one attached hydrogen (secondary N) is 1. The van der Waals surface area contributed by atoms with Gasteiger partial charge in [0.1, 0.15) is 5.75 Å². The smallest absolute Gasteiger partial charge is 0.127 e. The summed E-state index contributed by atoms with van der Waals surface area (Å²) in [5.41, 5.74) is 3.48. The van der Waals surface area contributed by atoms with E-state index in [0.29, 0.717) is 5.02 Å². The van der Waals surface area contributed by atoms with Crippen LogP contribution in [0.2, 0.25) is 5.02 Å². The molecule has 21 heavy (non-hydrogen) atoms. The third-order valence-corrected chi connectivity index (χ3v) is 4.08. The molecule has 2 heterocycles. The maximum absolute atomic E-state index is 6.36. The van der Waals surface area contributed by atoms with Gasteiger partial charge in [-0.25, -0.2) is 0 Å². The van der Waals surface area contributed by atoms with Crippen molar-refractivity contribution in [3.05, 3.63) is 58.4 Å². The van der Waals surface area contributed by atoms with E-state index in [9.17, 15) is 0 Å². The van der Waals surface area contributed by atoms with Crippen LogP contribution < -0.4 is 10.1 Å². The molecule has 0 bridgehead atoms. The molecule has 1 aromatic heterocycles. The molecule has 1 unspecified atom stereocenters. The number of halogens is 1. The Balaban J connectivity index is 2.04. The van der Waals surface area contributed by atoms with Crippen LogP contribution in [-0.4, -0.2) is 18.1 Å². The lowest BCUT2D eigenvalue weighted by Gasteiger charge is -2.22. The number of ether oxygens (including phenoxy) is 1. The molecule has 3 rings (SSSR count). The van der Waals surface area contributed by atoms with Crippen molar-refractivity contribution in [3.8, 4) is 5.75 Å². The molecule has 1 aliphatic heterocycles. The second-order valence-corrected chi connectivity index (χ2v) is 5.63. The Labute approximate surface area is 130 Å². The lowest BCUT2D eigenvalue weighted by atomic mass is 9.96. The Bertz CT molecular complexity index is 630. The number of benzene rings is 1. The molecule has 0 saturated heterocycles. The minimum Gasteiger partial charge on any atom is -0.493 e. The van der Waals surface area contributed by atoms with Crippen LogP contribution in [0.15, 0.2) is 36.7 Å². The molecule has 0 spiro atoms. The number of aromatic nitrogens is 1. The van der Waals surface area contributed by atoms with E-state index >= 15 is 0 Å². The first-order chi connectivity index (χ1) is 10.3. The van der Waals surface area contributed by atoms with Crippen LogP contribution in [0.5, 0.6) is 5.75 Å². The van der Waals surface area contributed by atoms with Gasteiger partial charge in [0.15, 0.2) is 0 Å². The van der Waals surface area contributed by atoms with Crippen molar-refractivity contribution in [2.45, 2.75) is 25.8 Å². The summed E-state index contributed by atoms with van der Waals surface area (Å²) < 4.78 is 5.85. The van der Waals surface area contributed by atoms with Gasteiger partial charge in [-0.3, -0.25) is 4.98 Å². The summed E-state index contributed by atoms with van der Waals surface area (Å²) in [5, 5.41) is 4.26. The first kappa shape index (κ1) is 14.4. The van der Waals surface area contributed by atoms with Gasteiger partial charge in [-0.1, -0.05) is 36.7 Å². The lowest BCUT2D eigenvalue weighted by Crippen LogP contribution is -2.24. The van der Waals surface area contributed by atoms with Crippen molar-refractivity contribution >= 4 is 11.6 Å². The summed E-state index contributed by atoms with van der Waals surface area (Å²) in [6.07, 6.45) is 5.52. The van der Waals surface area contributed by atoms with Crippen molar-refractivity contribution in [2.75, 3.05) is 13.2 Å². The van der Waals surface area contributed by atoms with Gasteiger partial charge in [-0.15, -0.1) is 0 Å². The van der Waals surface area contributed by atoms with E-state index in [1.54, 1.807) is 12.4 Å². The third kappa shape index (κ3) is 2.89. The fourth-order valence-corrected chi connectivity index (χ4v) is 2.99. The number of nitrogens with zero attached hydrogens (tertiary/aromatic N) is 1. The lowest BCUT2D eigenvalue weighted by molar-refractivity contribution is 0.350. The number of rotatable bonds is 5. The standard InChI is InChI=1S/C17H19ClN2O/c1-2-8-20-16(13-6-9-19-11-15(13)18)14-5-3-4-12-7-10-21-17(12)14/h3-6,9,11,16,20H,2,7-8,10H2,1H3. The Hall–Kier alpha value is -1.58.